The Morgan fingerprint density at radius 1 is 0.963 bits per heavy atom. The predicted molar refractivity (Wildman–Crippen MR) is 99.2 cm³/mol. The van der Waals surface area contributed by atoms with Gasteiger partial charge in [0.05, 0.1) is 26.6 Å². The fourth-order valence-corrected chi connectivity index (χ4v) is 2.33. The van der Waals surface area contributed by atoms with Crippen LogP contribution in [0.25, 0.3) is 0 Å². The highest BCUT2D eigenvalue weighted by Crippen LogP contribution is 2.29. The molecule has 0 fully saturated rings. The van der Waals surface area contributed by atoms with Crippen molar-refractivity contribution in [1.82, 2.24) is 9.97 Å². The molecule has 0 bridgehead atoms. The van der Waals surface area contributed by atoms with E-state index in [1.165, 1.54) is 38.7 Å². The molecule has 1 aromatic heterocycles. The van der Waals surface area contributed by atoms with E-state index in [0.29, 0.717) is 28.7 Å². The number of benzene rings is 2. The van der Waals surface area contributed by atoms with Crippen LogP contribution in [0.2, 0.25) is 0 Å². The molecular formula is C19H17FN4O3. The quantitative estimate of drug-likeness (QED) is 0.691. The lowest BCUT2D eigenvalue weighted by molar-refractivity contribution is 0.102. The van der Waals surface area contributed by atoms with Gasteiger partial charge in [-0.15, -0.1) is 0 Å². The SMILES string of the molecule is COc1ccc(NC(=O)c2cnc(Nc3cccc(F)c3)cn2)cc1OC. The van der Waals surface area contributed by atoms with Gasteiger partial charge in [-0.05, 0) is 30.3 Å². The van der Waals surface area contributed by atoms with E-state index in [0.717, 1.165) is 0 Å². The molecule has 0 saturated carbocycles. The highest BCUT2D eigenvalue weighted by molar-refractivity contribution is 6.02. The molecule has 0 aliphatic carbocycles. The Morgan fingerprint density at radius 3 is 2.44 bits per heavy atom. The first-order chi connectivity index (χ1) is 13.1. The van der Waals surface area contributed by atoms with Crippen molar-refractivity contribution in [3.8, 4) is 11.5 Å². The molecule has 0 unspecified atom stereocenters. The fraction of sp³-hybridized carbons (Fsp3) is 0.105. The summed E-state index contributed by atoms with van der Waals surface area (Å²) in [4.78, 5) is 20.5. The van der Waals surface area contributed by atoms with Crippen LogP contribution in [0, 0.1) is 5.82 Å². The van der Waals surface area contributed by atoms with E-state index in [2.05, 4.69) is 20.6 Å². The van der Waals surface area contributed by atoms with Crippen molar-refractivity contribution in [2.75, 3.05) is 24.9 Å². The maximum atomic E-state index is 13.2. The summed E-state index contributed by atoms with van der Waals surface area (Å²) < 4.78 is 23.6. The number of aromatic nitrogens is 2. The van der Waals surface area contributed by atoms with Gasteiger partial charge < -0.3 is 20.1 Å². The van der Waals surface area contributed by atoms with Crippen LogP contribution in [0.1, 0.15) is 10.5 Å². The molecule has 0 aliphatic rings. The molecule has 0 atom stereocenters. The number of anilines is 3. The molecule has 3 rings (SSSR count). The van der Waals surface area contributed by atoms with E-state index in [4.69, 9.17) is 9.47 Å². The number of nitrogens with zero attached hydrogens (tertiary/aromatic N) is 2. The first kappa shape index (κ1) is 18.1. The van der Waals surface area contributed by atoms with E-state index in [1.807, 2.05) is 0 Å². The van der Waals surface area contributed by atoms with Gasteiger partial charge in [-0.3, -0.25) is 4.79 Å². The Morgan fingerprint density at radius 2 is 1.78 bits per heavy atom. The van der Waals surface area contributed by atoms with Crippen LogP contribution in [-0.2, 0) is 0 Å². The van der Waals surface area contributed by atoms with Crippen molar-refractivity contribution in [3.63, 3.8) is 0 Å². The lowest BCUT2D eigenvalue weighted by Gasteiger charge is -2.10. The highest BCUT2D eigenvalue weighted by Gasteiger charge is 2.11. The first-order valence-electron chi connectivity index (χ1n) is 7.97. The van der Waals surface area contributed by atoms with Crippen molar-refractivity contribution in [2.45, 2.75) is 0 Å². The van der Waals surface area contributed by atoms with Crippen LogP contribution in [0.4, 0.5) is 21.6 Å². The molecule has 27 heavy (non-hydrogen) atoms. The Hall–Kier alpha value is -3.68. The van der Waals surface area contributed by atoms with E-state index in [1.54, 1.807) is 30.3 Å². The second-order valence-electron chi connectivity index (χ2n) is 5.45. The van der Waals surface area contributed by atoms with Gasteiger partial charge in [0.2, 0.25) is 0 Å². The second kappa shape index (κ2) is 8.13. The van der Waals surface area contributed by atoms with Crippen molar-refractivity contribution < 1.29 is 18.7 Å². The zero-order chi connectivity index (χ0) is 19.2. The van der Waals surface area contributed by atoms with Crippen molar-refractivity contribution in [3.05, 3.63) is 66.4 Å². The molecule has 2 aromatic carbocycles. The Bertz CT molecular complexity index is 948. The Kier molecular flexibility index (Phi) is 5.46. The van der Waals surface area contributed by atoms with Crippen molar-refractivity contribution in [2.24, 2.45) is 0 Å². The number of carbonyl (C=O) groups is 1. The van der Waals surface area contributed by atoms with Crippen LogP contribution in [0.15, 0.2) is 54.9 Å². The van der Waals surface area contributed by atoms with Gasteiger partial charge in [0.25, 0.3) is 5.91 Å². The third-order valence-corrected chi connectivity index (χ3v) is 3.62. The van der Waals surface area contributed by atoms with Gasteiger partial charge in [0.1, 0.15) is 17.3 Å². The average Bonchev–Trinajstić information content (AvgIpc) is 2.68. The van der Waals surface area contributed by atoms with Gasteiger partial charge in [0.15, 0.2) is 11.5 Å². The van der Waals surface area contributed by atoms with Crippen LogP contribution < -0.4 is 20.1 Å². The minimum atomic E-state index is -0.424. The molecule has 7 nitrogen and oxygen atoms in total. The topological polar surface area (TPSA) is 85.4 Å². The Balaban J connectivity index is 1.68. The number of methoxy groups -OCH3 is 2. The number of halogens is 1. The zero-order valence-corrected chi connectivity index (χ0v) is 14.7. The largest absolute Gasteiger partial charge is 0.493 e. The average molecular weight is 368 g/mol. The van der Waals surface area contributed by atoms with Gasteiger partial charge >= 0.3 is 0 Å². The van der Waals surface area contributed by atoms with Crippen LogP contribution in [0.5, 0.6) is 11.5 Å². The van der Waals surface area contributed by atoms with Crippen LogP contribution in [0.3, 0.4) is 0 Å². The highest BCUT2D eigenvalue weighted by atomic mass is 19.1. The molecular weight excluding hydrogens is 351 g/mol. The maximum Gasteiger partial charge on any atom is 0.275 e. The number of hydrogen-bond acceptors (Lipinski definition) is 6. The van der Waals surface area contributed by atoms with Crippen molar-refractivity contribution >= 4 is 23.1 Å². The van der Waals surface area contributed by atoms with Crippen LogP contribution >= 0.6 is 0 Å². The van der Waals surface area contributed by atoms with Crippen LogP contribution in [-0.4, -0.2) is 30.1 Å². The Labute approximate surface area is 155 Å². The lowest BCUT2D eigenvalue weighted by atomic mass is 10.2. The van der Waals surface area contributed by atoms with Crippen molar-refractivity contribution in [1.29, 1.82) is 0 Å². The summed E-state index contributed by atoms with van der Waals surface area (Å²) in [6.07, 6.45) is 2.73. The number of hydrogen-bond donors (Lipinski definition) is 2. The second-order valence-corrected chi connectivity index (χ2v) is 5.45. The first-order valence-corrected chi connectivity index (χ1v) is 7.97. The molecule has 1 heterocycles. The van der Waals surface area contributed by atoms with Gasteiger partial charge in [-0.2, -0.15) is 0 Å². The third kappa shape index (κ3) is 4.49. The minimum absolute atomic E-state index is 0.134. The smallest absolute Gasteiger partial charge is 0.275 e. The fourth-order valence-electron chi connectivity index (χ4n) is 2.33. The number of nitrogens with one attached hydrogen (secondary N) is 2. The summed E-state index contributed by atoms with van der Waals surface area (Å²) in [7, 11) is 3.05. The maximum absolute atomic E-state index is 13.2. The van der Waals surface area contributed by atoms with E-state index >= 15 is 0 Å². The molecule has 2 N–H and O–H groups in total. The zero-order valence-electron chi connectivity index (χ0n) is 14.7. The molecule has 0 saturated heterocycles. The monoisotopic (exact) mass is 368 g/mol. The number of rotatable bonds is 6. The number of ether oxygens (including phenoxy) is 2. The summed E-state index contributed by atoms with van der Waals surface area (Å²) in [6.45, 7) is 0. The summed E-state index contributed by atoms with van der Waals surface area (Å²) in [5, 5.41) is 5.63. The molecule has 0 radical (unpaired) electrons. The number of carbonyl (C=O) groups excluding carboxylic acids is 1. The minimum Gasteiger partial charge on any atom is -0.493 e. The van der Waals surface area contributed by atoms with E-state index in [-0.39, 0.29) is 11.5 Å². The molecule has 8 heteroatoms. The van der Waals surface area contributed by atoms with E-state index in [9.17, 15) is 9.18 Å². The molecule has 1 amide bonds. The standard InChI is InChI=1S/C19H17FN4O3/c1-26-16-7-6-14(9-17(16)27-2)24-19(25)15-10-22-18(11-21-15)23-13-5-3-4-12(20)8-13/h3-11H,1-2H3,(H,22,23)(H,24,25). The summed E-state index contributed by atoms with van der Waals surface area (Å²) in [5.74, 6) is 0.660. The normalized spacial score (nSPS) is 10.2. The molecule has 138 valence electrons. The molecule has 3 aromatic rings. The third-order valence-electron chi connectivity index (χ3n) is 3.62. The summed E-state index contributed by atoms with van der Waals surface area (Å²) >= 11 is 0. The number of amides is 1. The molecule has 0 spiro atoms. The van der Waals surface area contributed by atoms with Gasteiger partial charge in [-0.25, -0.2) is 14.4 Å². The summed E-state index contributed by atoms with van der Waals surface area (Å²) in [6, 6.07) is 11.0. The van der Waals surface area contributed by atoms with E-state index < -0.39 is 5.91 Å². The van der Waals surface area contributed by atoms with Gasteiger partial charge in [0, 0.05) is 17.4 Å². The predicted octanol–water partition coefficient (Wildman–Crippen LogP) is 3.63. The molecule has 0 aliphatic heterocycles. The summed E-state index contributed by atoms with van der Waals surface area (Å²) in [5.41, 5.74) is 1.20. The lowest BCUT2D eigenvalue weighted by Crippen LogP contribution is -2.14. The van der Waals surface area contributed by atoms with Gasteiger partial charge in [-0.1, -0.05) is 6.07 Å².